The van der Waals surface area contributed by atoms with E-state index in [0.29, 0.717) is 11.6 Å². The van der Waals surface area contributed by atoms with Gasteiger partial charge in [0.2, 0.25) is 5.76 Å². The zero-order valence-corrected chi connectivity index (χ0v) is 9.20. The summed E-state index contributed by atoms with van der Waals surface area (Å²) in [5.74, 6) is 1.42. The highest BCUT2D eigenvalue weighted by molar-refractivity contribution is 6.01. The van der Waals surface area contributed by atoms with Crippen LogP contribution in [0.2, 0.25) is 0 Å². The van der Waals surface area contributed by atoms with Gasteiger partial charge in [0.1, 0.15) is 5.76 Å². The number of furan rings is 1. The molecule has 0 aromatic carbocycles. The summed E-state index contributed by atoms with van der Waals surface area (Å²) in [6, 6.07) is 7.13. The van der Waals surface area contributed by atoms with Crippen LogP contribution in [0.4, 0.5) is 5.82 Å². The molecular formula is C12H13N2O2+. The lowest BCUT2D eigenvalue weighted by molar-refractivity contribution is -0.361. The Balaban J connectivity index is 2.10. The Morgan fingerprint density at radius 1 is 1.25 bits per heavy atom. The molecule has 4 heteroatoms. The molecule has 0 aliphatic heterocycles. The summed E-state index contributed by atoms with van der Waals surface area (Å²) in [6.07, 6.45) is 1.82. The molecule has 0 spiro atoms. The average Bonchev–Trinajstić information content (AvgIpc) is 2.68. The summed E-state index contributed by atoms with van der Waals surface area (Å²) in [6.45, 7) is 3.77. The molecule has 0 unspecified atom stereocenters. The first kappa shape index (κ1) is 10.4. The highest BCUT2D eigenvalue weighted by Gasteiger charge is 2.15. The summed E-state index contributed by atoms with van der Waals surface area (Å²) in [4.78, 5) is 14.7. The molecule has 0 saturated carbocycles. The van der Waals surface area contributed by atoms with E-state index in [0.717, 1.165) is 11.3 Å². The van der Waals surface area contributed by atoms with Crippen molar-refractivity contribution in [1.29, 1.82) is 0 Å². The Labute approximate surface area is 93.3 Å². The predicted octanol–water partition coefficient (Wildman–Crippen LogP) is 1.96. The van der Waals surface area contributed by atoms with Crippen LogP contribution in [0.3, 0.4) is 0 Å². The molecule has 0 bridgehead atoms. The fourth-order valence-electron chi connectivity index (χ4n) is 1.32. The molecule has 0 radical (unpaired) electrons. The Morgan fingerprint density at radius 2 is 2.06 bits per heavy atom. The summed E-state index contributed by atoms with van der Waals surface area (Å²) < 4.78 is 5.22. The van der Waals surface area contributed by atoms with Crippen molar-refractivity contribution in [2.45, 2.75) is 13.8 Å². The van der Waals surface area contributed by atoms with Crippen LogP contribution in [0.25, 0.3) is 0 Å². The molecule has 0 aliphatic carbocycles. The largest absolute Gasteiger partial charge is 0.454 e. The minimum atomic E-state index is -0.256. The van der Waals surface area contributed by atoms with Crippen LogP contribution < -0.4 is 10.3 Å². The van der Waals surface area contributed by atoms with E-state index in [1.165, 1.54) is 0 Å². The van der Waals surface area contributed by atoms with Crippen molar-refractivity contribution < 1.29 is 14.2 Å². The molecule has 0 atom stereocenters. The number of carbonyl (C=O) groups is 1. The number of aromatic nitrogens is 1. The highest BCUT2D eigenvalue weighted by atomic mass is 16.3. The number of carbonyl (C=O) groups excluding carboxylic acids is 1. The van der Waals surface area contributed by atoms with Crippen molar-refractivity contribution in [2.75, 3.05) is 5.32 Å². The van der Waals surface area contributed by atoms with E-state index in [-0.39, 0.29) is 5.91 Å². The van der Waals surface area contributed by atoms with Gasteiger partial charge < -0.3 is 4.42 Å². The molecule has 2 aromatic rings. The molecule has 2 heterocycles. The summed E-state index contributed by atoms with van der Waals surface area (Å²) >= 11 is 0. The number of nitrogens with one attached hydrogen (secondary N) is 2. The van der Waals surface area contributed by atoms with Gasteiger partial charge in [-0.2, -0.15) is 0 Å². The van der Waals surface area contributed by atoms with E-state index < -0.39 is 0 Å². The maximum Gasteiger partial charge on any atom is 0.374 e. The zero-order valence-electron chi connectivity index (χ0n) is 9.20. The molecular weight excluding hydrogens is 204 g/mol. The molecule has 16 heavy (non-hydrogen) atoms. The van der Waals surface area contributed by atoms with Gasteiger partial charge in [-0.15, -0.1) is 0 Å². The number of amides is 1. The van der Waals surface area contributed by atoms with E-state index in [2.05, 4.69) is 10.3 Å². The maximum atomic E-state index is 11.7. The first-order valence-electron chi connectivity index (χ1n) is 5.01. The number of pyridine rings is 1. The zero-order chi connectivity index (χ0) is 11.5. The molecule has 2 rings (SSSR count). The molecule has 0 aliphatic rings. The second kappa shape index (κ2) is 4.18. The summed E-state index contributed by atoms with van der Waals surface area (Å²) in [5.41, 5.74) is 1.10. The van der Waals surface area contributed by atoms with Crippen LogP contribution in [0, 0.1) is 13.8 Å². The van der Waals surface area contributed by atoms with Gasteiger partial charge in [0.25, 0.3) is 5.82 Å². The van der Waals surface area contributed by atoms with Gasteiger partial charge in [-0.3, -0.25) is 0 Å². The van der Waals surface area contributed by atoms with E-state index in [1.54, 1.807) is 19.1 Å². The number of H-pyrrole nitrogens is 1. The quantitative estimate of drug-likeness (QED) is 0.836. The lowest BCUT2D eigenvalue weighted by Gasteiger charge is -1.95. The molecule has 2 N–H and O–H groups in total. The van der Waals surface area contributed by atoms with E-state index >= 15 is 0 Å². The third-order valence-electron chi connectivity index (χ3n) is 2.18. The van der Waals surface area contributed by atoms with E-state index in [4.69, 9.17) is 4.42 Å². The van der Waals surface area contributed by atoms with Crippen LogP contribution in [0.5, 0.6) is 0 Å². The maximum absolute atomic E-state index is 11.7. The second-order valence-corrected chi connectivity index (χ2v) is 3.64. The average molecular weight is 217 g/mol. The fraction of sp³-hybridized carbons (Fsp3) is 0.167. The van der Waals surface area contributed by atoms with E-state index in [9.17, 15) is 4.79 Å². The number of anilines is 1. The van der Waals surface area contributed by atoms with Gasteiger partial charge in [0.05, 0.1) is 6.20 Å². The second-order valence-electron chi connectivity index (χ2n) is 3.64. The molecule has 2 aromatic heterocycles. The van der Waals surface area contributed by atoms with Gasteiger partial charge in [0.15, 0.2) is 0 Å². The third-order valence-corrected chi connectivity index (χ3v) is 2.18. The number of aromatic amines is 1. The standard InChI is InChI=1S/C12H12N2O2/c1-8-3-6-11(13-7-8)14-12(15)10-5-4-9(2)16-10/h3-7H,1-2H3,(H,13,14,15)/p+1. The Hall–Kier alpha value is -2.10. The lowest BCUT2D eigenvalue weighted by atomic mass is 10.3. The number of rotatable bonds is 2. The summed E-state index contributed by atoms with van der Waals surface area (Å²) in [5, 5.41) is 2.71. The van der Waals surface area contributed by atoms with Gasteiger partial charge in [0, 0.05) is 6.07 Å². The van der Waals surface area contributed by atoms with Gasteiger partial charge >= 0.3 is 5.91 Å². The van der Waals surface area contributed by atoms with Gasteiger partial charge in [-0.1, -0.05) is 0 Å². The van der Waals surface area contributed by atoms with Crippen molar-refractivity contribution in [1.82, 2.24) is 0 Å². The van der Waals surface area contributed by atoms with Crippen molar-refractivity contribution >= 4 is 11.7 Å². The van der Waals surface area contributed by atoms with Crippen molar-refractivity contribution in [2.24, 2.45) is 0 Å². The third kappa shape index (κ3) is 2.28. The molecule has 82 valence electrons. The van der Waals surface area contributed by atoms with E-state index in [1.807, 2.05) is 25.3 Å². The van der Waals surface area contributed by atoms with Crippen molar-refractivity contribution in [3.63, 3.8) is 0 Å². The minimum Gasteiger partial charge on any atom is -0.454 e. The topological polar surface area (TPSA) is 56.4 Å². The van der Waals surface area contributed by atoms with Crippen LogP contribution in [0.15, 0.2) is 34.9 Å². The molecule has 0 fully saturated rings. The van der Waals surface area contributed by atoms with Crippen LogP contribution in [0.1, 0.15) is 21.9 Å². The summed E-state index contributed by atoms with van der Waals surface area (Å²) in [7, 11) is 0. The van der Waals surface area contributed by atoms with Crippen molar-refractivity contribution in [3.05, 3.63) is 47.5 Å². The first-order valence-corrected chi connectivity index (χ1v) is 5.01. The number of aryl methyl sites for hydroxylation is 2. The van der Waals surface area contributed by atoms with Crippen LogP contribution in [-0.4, -0.2) is 5.91 Å². The predicted molar refractivity (Wildman–Crippen MR) is 59.1 cm³/mol. The SMILES string of the molecule is Cc1ccc(NC(=O)c2ccc(C)o2)[nH+]c1. The minimum absolute atomic E-state index is 0.256. The Kier molecular flexibility index (Phi) is 2.72. The van der Waals surface area contributed by atoms with Gasteiger partial charge in [-0.05, 0) is 37.6 Å². The molecule has 0 saturated heterocycles. The molecule has 4 nitrogen and oxygen atoms in total. The lowest BCUT2D eigenvalue weighted by Crippen LogP contribution is -2.18. The molecule has 1 amide bonds. The highest BCUT2D eigenvalue weighted by Crippen LogP contribution is 2.08. The number of hydrogen-bond donors (Lipinski definition) is 1. The van der Waals surface area contributed by atoms with Crippen LogP contribution >= 0.6 is 0 Å². The fourth-order valence-corrected chi connectivity index (χ4v) is 1.32. The Morgan fingerprint density at radius 3 is 2.62 bits per heavy atom. The monoisotopic (exact) mass is 217 g/mol. The smallest absolute Gasteiger partial charge is 0.374 e. The number of hydrogen-bond acceptors (Lipinski definition) is 2. The van der Waals surface area contributed by atoms with Crippen LogP contribution in [-0.2, 0) is 0 Å². The Bertz CT molecular complexity index is 500. The van der Waals surface area contributed by atoms with Gasteiger partial charge in [-0.25, -0.2) is 15.1 Å². The van der Waals surface area contributed by atoms with Crippen molar-refractivity contribution in [3.8, 4) is 0 Å². The first-order chi connectivity index (χ1) is 7.65. The normalized spacial score (nSPS) is 10.1.